The van der Waals surface area contributed by atoms with Crippen molar-refractivity contribution in [2.45, 2.75) is 0 Å². The van der Waals surface area contributed by atoms with Crippen LogP contribution >= 0.6 is 34.5 Å². The third kappa shape index (κ3) is 1.73. The summed E-state index contributed by atoms with van der Waals surface area (Å²) in [5, 5.41) is 12.7. The van der Waals surface area contributed by atoms with E-state index in [0.29, 0.717) is 15.6 Å². The molecular formula is C10H6Cl2OS. The summed E-state index contributed by atoms with van der Waals surface area (Å²) < 4.78 is 0. The Morgan fingerprint density at radius 1 is 1.14 bits per heavy atom. The Bertz CT molecular complexity index is 465. The van der Waals surface area contributed by atoms with Crippen molar-refractivity contribution in [3.8, 4) is 16.2 Å². The van der Waals surface area contributed by atoms with Crippen molar-refractivity contribution in [1.29, 1.82) is 0 Å². The van der Waals surface area contributed by atoms with Gasteiger partial charge in [-0.15, -0.1) is 11.3 Å². The van der Waals surface area contributed by atoms with Crippen molar-refractivity contribution in [1.82, 2.24) is 0 Å². The molecule has 0 saturated carbocycles. The summed E-state index contributed by atoms with van der Waals surface area (Å²) in [6, 6.07) is 6.70. The van der Waals surface area contributed by atoms with Gasteiger partial charge in [0, 0.05) is 10.6 Å². The van der Waals surface area contributed by atoms with Crippen molar-refractivity contribution in [2.24, 2.45) is 0 Å². The first-order chi connectivity index (χ1) is 6.68. The summed E-state index contributed by atoms with van der Waals surface area (Å²) in [5.41, 5.74) is 0.678. The van der Waals surface area contributed by atoms with Crippen molar-refractivity contribution in [2.75, 3.05) is 0 Å². The van der Waals surface area contributed by atoms with E-state index in [9.17, 15) is 5.11 Å². The van der Waals surface area contributed by atoms with Gasteiger partial charge in [0.05, 0.1) is 9.90 Å². The molecule has 1 heterocycles. The van der Waals surface area contributed by atoms with E-state index in [0.717, 1.165) is 4.88 Å². The van der Waals surface area contributed by atoms with E-state index in [1.54, 1.807) is 24.3 Å². The molecule has 0 spiro atoms. The highest BCUT2D eigenvalue weighted by atomic mass is 35.5. The van der Waals surface area contributed by atoms with Gasteiger partial charge < -0.3 is 5.11 Å². The highest BCUT2D eigenvalue weighted by Gasteiger charge is 2.09. The van der Waals surface area contributed by atoms with Crippen LogP contribution in [0.2, 0.25) is 10.0 Å². The quantitative estimate of drug-likeness (QED) is 0.788. The molecule has 2 aromatic rings. The molecule has 0 radical (unpaired) electrons. The van der Waals surface area contributed by atoms with Crippen LogP contribution in [0.25, 0.3) is 10.4 Å². The molecule has 0 aliphatic heterocycles. The van der Waals surface area contributed by atoms with Gasteiger partial charge in [-0.05, 0) is 29.6 Å². The van der Waals surface area contributed by atoms with E-state index in [-0.39, 0.29) is 5.75 Å². The zero-order valence-corrected chi connectivity index (χ0v) is 9.33. The molecule has 14 heavy (non-hydrogen) atoms. The first-order valence-electron chi connectivity index (χ1n) is 3.90. The number of halogens is 2. The van der Waals surface area contributed by atoms with E-state index in [1.807, 2.05) is 5.38 Å². The first-order valence-corrected chi connectivity index (χ1v) is 5.54. The van der Waals surface area contributed by atoms with E-state index >= 15 is 0 Å². The maximum absolute atomic E-state index is 9.62. The van der Waals surface area contributed by atoms with Crippen LogP contribution in [-0.4, -0.2) is 5.11 Å². The predicted molar refractivity (Wildman–Crippen MR) is 61.4 cm³/mol. The first kappa shape index (κ1) is 9.84. The fourth-order valence-corrected chi connectivity index (χ4v) is 2.53. The topological polar surface area (TPSA) is 20.2 Å². The van der Waals surface area contributed by atoms with Gasteiger partial charge in [0.15, 0.2) is 0 Å². The number of phenols is 1. The van der Waals surface area contributed by atoms with Crippen molar-refractivity contribution >= 4 is 34.5 Å². The Morgan fingerprint density at radius 3 is 2.57 bits per heavy atom. The molecule has 0 aliphatic carbocycles. The summed E-state index contributed by atoms with van der Waals surface area (Å²) in [7, 11) is 0. The Kier molecular flexibility index (Phi) is 2.68. The van der Waals surface area contributed by atoms with Gasteiger partial charge in [0.25, 0.3) is 0 Å². The van der Waals surface area contributed by atoms with Crippen LogP contribution in [0.4, 0.5) is 0 Å². The minimum Gasteiger partial charge on any atom is -0.507 e. The second kappa shape index (κ2) is 3.81. The summed E-state index contributed by atoms with van der Waals surface area (Å²) >= 11 is 13.3. The highest BCUT2D eigenvalue weighted by Crippen LogP contribution is 2.39. The maximum atomic E-state index is 9.62. The van der Waals surface area contributed by atoms with Crippen LogP contribution in [0.5, 0.6) is 5.75 Å². The number of aromatic hydroxyl groups is 1. The number of thiophene rings is 1. The molecule has 0 fully saturated rings. The average molecular weight is 245 g/mol. The molecule has 1 aromatic carbocycles. The predicted octanol–water partition coefficient (Wildman–Crippen LogP) is 4.43. The van der Waals surface area contributed by atoms with Gasteiger partial charge >= 0.3 is 0 Å². The number of phenolic OH excluding ortho intramolecular Hbond substituents is 1. The lowest BCUT2D eigenvalue weighted by atomic mass is 10.1. The SMILES string of the molecule is Oc1ccc(Cl)cc1-c1sccc1Cl. The Balaban J connectivity index is 2.62. The van der Waals surface area contributed by atoms with E-state index in [1.165, 1.54) is 11.3 Å². The maximum Gasteiger partial charge on any atom is 0.124 e. The van der Waals surface area contributed by atoms with Crippen LogP contribution in [0.1, 0.15) is 0 Å². The fourth-order valence-electron chi connectivity index (χ4n) is 1.18. The third-order valence-corrected chi connectivity index (χ3v) is 3.43. The zero-order valence-electron chi connectivity index (χ0n) is 7.00. The molecule has 4 heteroatoms. The molecule has 0 bridgehead atoms. The molecular weight excluding hydrogens is 239 g/mol. The Hall–Kier alpha value is -0.700. The van der Waals surface area contributed by atoms with E-state index < -0.39 is 0 Å². The molecule has 0 aliphatic rings. The number of rotatable bonds is 1. The summed E-state index contributed by atoms with van der Waals surface area (Å²) in [4.78, 5) is 0.840. The summed E-state index contributed by atoms with van der Waals surface area (Å²) in [5.74, 6) is 0.193. The third-order valence-electron chi connectivity index (χ3n) is 1.82. The molecule has 1 nitrogen and oxygen atoms in total. The molecule has 2 rings (SSSR count). The monoisotopic (exact) mass is 244 g/mol. The molecule has 0 saturated heterocycles. The second-order valence-electron chi connectivity index (χ2n) is 2.76. The van der Waals surface area contributed by atoms with Gasteiger partial charge in [-0.2, -0.15) is 0 Å². The largest absolute Gasteiger partial charge is 0.507 e. The minimum atomic E-state index is 0.193. The molecule has 0 amide bonds. The Labute approximate surface area is 95.5 Å². The standard InChI is InChI=1S/C10H6Cl2OS/c11-6-1-2-9(13)7(5-6)10-8(12)3-4-14-10/h1-5,13H. The Morgan fingerprint density at radius 2 is 1.93 bits per heavy atom. The van der Waals surface area contributed by atoms with Crippen LogP contribution in [0.3, 0.4) is 0 Å². The van der Waals surface area contributed by atoms with Crippen LogP contribution < -0.4 is 0 Å². The smallest absolute Gasteiger partial charge is 0.124 e. The van der Waals surface area contributed by atoms with Gasteiger partial charge in [0.2, 0.25) is 0 Å². The lowest BCUT2D eigenvalue weighted by Crippen LogP contribution is -1.75. The van der Waals surface area contributed by atoms with Crippen LogP contribution in [0, 0.1) is 0 Å². The molecule has 1 aromatic heterocycles. The van der Waals surface area contributed by atoms with Crippen LogP contribution in [-0.2, 0) is 0 Å². The number of hydrogen-bond acceptors (Lipinski definition) is 2. The van der Waals surface area contributed by atoms with Crippen molar-refractivity contribution in [3.63, 3.8) is 0 Å². The number of benzene rings is 1. The van der Waals surface area contributed by atoms with Gasteiger partial charge in [0.1, 0.15) is 5.75 Å². The molecule has 72 valence electrons. The molecule has 0 unspecified atom stereocenters. The van der Waals surface area contributed by atoms with Gasteiger partial charge in [-0.25, -0.2) is 0 Å². The normalized spacial score (nSPS) is 10.4. The minimum absolute atomic E-state index is 0.193. The van der Waals surface area contributed by atoms with E-state index in [2.05, 4.69) is 0 Å². The van der Waals surface area contributed by atoms with Gasteiger partial charge in [-0.3, -0.25) is 0 Å². The van der Waals surface area contributed by atoms with Crippen molar-refractivity contribution in [3.05, 3.63) is 39.7 Å². The second-order valence-corrected chi connectivity index (χ2v) is 4.52. The fraction of sp³-hybridized carbons (Fsp3) is 0. The lowest BCUT2D eigenvalue weighted by Gasteiger charge is -2.02. The molecule has 0 atom stereocenters. The number of hydrogen-bond donors (Lipinski definition) is 1. The lowest BCUT2D eigenvalue weighted by molar-refractivity contribution is 0.477. The van der Waals surface area contributed by atoms with Crippen LogP contribution in [0.15, 0.2) is 29.6 Å². The zero-order chi connectivity index (χ0) is 10.1. The highest BCUT2D eigenvalue weighted by molar-refractivity contribution is 7.14. The van der Waals surface area contributed by atoms with Crippen molar-refractivity contribution < 1.29 is 5.11 Å². The summed E-state index contributed by atoms with van der Waals surface area (Å²) in [6.07, 6.45) is 0. The molecule has 1 N–H and O–H groups in total. The summed E-state index contributed by atoms with van der Waals surface area (Å²) in [6.45, 7) is 0. The van der Waals surface area contributed by atoms with E-state index in [4.69, 9.17) is 23.2 Å². The average Bonchev–Trinajstić information content (AvgIpc) is 2.56. The van der Waals surface area contributed by atoms with Gasteiger partial charge in [-0.1, -0.05) is 23.2 Å².